The van der Waals surface area contributed by atoms with Crippen LogP contribution in [0.1, 0.15) is 64.7 Å². The monoisotopic (exact) mass is 239 g/mol. The van der Waals surface area contributed by atoms with E-state index in [-0.39, 0.29) is 12.1 Å². The Morgan fingerprint density at radius 1 is 1.06 bits per heavy atom. The van der Waals surface area contributed by atoms with Crippen LogP contribution in [0.25, 0.3) is 0 Å². The van der Waals surface area contributed by atoms with E-state index in [0.717, 1.165) is 19.3 Å². The van der Waals surface area contributed by atoms with Crippen LogP contribution in [-0.4, -0.2) is 24.2 Å². The fourth-order valence-electron chi connectivity index (χ4n) is 2.98. The van der Waals surface area contributed by atoms with Crippen molar-refractivity contribution >= 4 is 5.97 Å². The lowest BCUT2D eigenvalue weighted by Gasteiger charge is -2.35. The second-order valence-electron chi connectivity index (χ2n) is 5.56. The van der Waals surface area contributed by atoms with Gasteiger partial charge in [-0.3, -0.25) is 4.79 Å². The van der Waals surface area contributed by atoms with Crippen molar-refractivity contribution in [2.24, 2.45) is 0 Å². The minimum absolute atomic E-state index is 0.00125. The van der Waals surface area contributed by atoms with E-state index in [2.05, 4.69) is 12.2 Å². The van der Waals surface area contributed by atoms with Gasteiger partial charge in [0.2, 0.25) is 0 Å². The van der Waals surface area contributed by atoms with Crippen molar-refractivity contribution in [2.75, 3.05) is 0 Å². The van der Waals surface area contributed by atoms with Gasteiger partial charge in [0.05, 0.1) is 0 Å². The average Bonchev–Trinajstić information content (AvgIpc) is 2.32. The molecule has 3 heterocycles. The molecule has 0 saturated carbocycles. The van der Waals surface area contributed by atoms with Crippen LogP contribution in [-0.2, 0) is 9.53 Å². The van der Waals surface area contributed by atoms with Crippen LogP contribution in [0.5, 0.6) is 0 Å². The molecule has 3 atom stereocenters. The Labute approximate surface area is 104 Å². The fraction of sp³-hybridized carbons (Fsp3) is 0.929. The molecule has 2 bridgehead atoms. The summed E-state index contributed by atoms with van der Waals surface area (Å²) in [7, 11) is 0. The van der Waals surface area contributed by atoms with Crippen molar-refractivity contribution in [3.63, 3.8) is 0 Å². The van der Waals surface area contributed by atoms with E-state index in [1.807, 2.05) is 0 Å². The molecule has 0 aromatic rings. The lowest BCUT2D eigenvalue weighted by Crippen LogP contribution is -2.50. The smallest absolute Gasteiger partial charge is 0.306 e. The third kappa shape index (κ3) is 3.98. The molecule has 3 heteroatoms. The molecule has 3 unspecified atom stereocenters. The Morgan fingerprint density at radius 3 is 2.65 bits per heavy atom. The summed E-state index contributed by atoms with van der Waals surface area (Å²) in [5, 5.41) is 3.60. The van der Waals surface area contributed by atoms with Crippen LogP contribution in [0, 0.1) is 0 Å². The summed E-state index contributed by atoms with van der Waals surface area (Å²) in [6.07, 6.45) is 10.2. The molecule has 1 N–H and O–H groups in total. The summed E-state index contributed by atoms with van der Waals surface area (Å²) in [6.45, 7) is 2.14. The van der Waals surface area contributed by atoms with Gasteiger partial charge in [-0.15, -0.1) is 0 Å². The SMILES string of the molecule is CC1NC2CCCCCCCC(=O)OC1CC2. The van der Waals surface area contributed by atoms with E-state index < -0.39 is 0 Å². The van der Waals surface area contributed by atoms with Crippen LogP contribution in [0.3, 0.4) is 0 Å². The molecule has 3 saturated heterocycles. The highest BCUT2D eigenvalue weighted by Crippen LogP contribution is 2.22. The third-order valence-corrected chi connectivity index (χ3v) is 4.07. The normalized spacial score (nSPS) is 36.5. The fourth-order valence-corrected chi connectivity index (χ4v) is 2.98. The summed E-state index contributed by atoms with van der Waals surface area (Å²) in [5.74, 6) is 0.00125. The lowest BCUT2D eigenvalue weighted by molar-refractivity contribution is -0.152. The van der Waals surface area contributed by atoms with E-state index in [1.165, 1.54) is 32.1 Å². The van der Waals surface area contributed by atoms with Gasteiger partial charge in [-0.2, -0.15) is 0 Å². The molecule has 0 aromatic heterocycles. The maximum atomic E-state index is 11.7. The first-order valence-corrected chi connectivity index (χ1v) is 7.21. The third-order valence-electron chi connectivity index (χ3n) is 4.07. The average molecular weight is 239 g/mol. The molecule has 3 aliphatic heterocycles. The molecule has 3 aliphatic rings. The Kier molecular flexibility index (Phi) is 4.84. The standard InChI is InChI=1S/C14H25NO2/c1-11-13-10-9-12(15-11)7-5-3-2-4-6-8-14(16)17-13/h11-13,15H,2-10H2,1H3. The molecule has 98 valence electrons. The molecule has 17 heavy (non-hydrogen) atoms. The maximum Gasteiger partial charge on any atom is 0.306 e. The first-order valence-electron chi connectivity index (χ1n) is 7.21. The van der Waals surface area contributed by atoms with E-state index in [9.17, 15) is 4.79 Å². The van der Waals surface area contributed by atoms with Crippen molar-refractivity contribution in [3.05, 3.63) is 0 Å². The quantitative estimate of drug-likeness (QED) is 0.661. The minimum Gasteiger partial charge on any atom is -0.461 e. The molecule has 3 rings (SSSR count). The second-order valence-corrected chi connectivity index (χ2v) is 5.56. The van der Waals surface area contributed by atoms with Gasteiger partial charge in [0.25, 0.3) is 0 Å². The Bertz CT molecular complexity index is 255. The van der Waals surface area contributed by atoms with Crippen molar-refractivity contribution in [1.82, 2.24) is 5.32 Å². The van der Waals surface area contributed by atoms with Crippen LogP contribution < -0.4 is 5.32 Å². The zero-order valence-electron chi connectivity index (χ0n) is 10.9. The molecular weight excluding hydrogens is 214 g/mol. The number of rotatable bonds is 0. The predicted octanol–water partition coefficient (Wildman–Crippen LogP) is 2.78. The first-order chi connectivity index (χ1) is 8.25. The number of esters is 1. The van der Waals surface area contributed by atoms with Crippen LogP contribution in [0.4, 0.5) is 0 Å². The molecule has 0 aromatic carbocycles. The summed E-state index contributed by atoms with van der Waals surface area (Å²) in [4.78, 5) is 11.7. The molecule has 0 aliphatic carbocycles. The van der Waals surface area contributed by atoms with Crippen molar-refractivity contribution in [2.45, 2.75) is 82.9 Å². The van der Waals surface area contributed by atoms with Gasteiger partial charge in [-0.1, -0.05) is 25.7 Å². The summed E-state index contributed by atoms with van der Waals surface area (Å²) in [5.41, 5.74) is 0. The van der Waals surface area contributed by atoms with Gasteiger partial charge in [-0.25, -0.2) is 0 Å². The van der Waals surface area contributed by atoms with Crippen LogP contribution in [0.2, 0.25) is 0 Å². The number of fused-ring (bicyclic) bond motifs is 10. The molecular formula is C14H25NO2. The molecule has 0 radical (unpaired) electrons. The molecule has 3 fully saturated rings. The number of hydrogen-bond acceptors (Lipinski definition) is 3. The zero-order valence-corrected chi connectivity index (χ0v) is 10.9. The van der Waals surface area contributed by atoms with Gasteiger partial charge in [0.15, 0.2) is 0 Å². The Balaban J connectivity index is 1.92. The Morgan fingerprint density at radius 2 is 1.82 bits per heavy atom. The molecule has 3 nitrogen and oxygen atoms in total. The molecule has 0 spiro atoms. The topological polar surface area (TPSA) is 38.3 Å². The van der Waals surface area contributed by atoms with E-state index >= 15 is 0 Å². The highest BCUT2D eigenvalue weighted by molar-refractivity contribution is 5.69. The van der Waals surface area contributed by atoms with Gasteiger partial charge in [-0.05, 0) is 32.6 Å². The van der Waals surface area contributed by atoms with Crippen molar-refractivity contribution in [3.8, 4) is 0 Å². The van der Waals surface area contributed by atoms with E-state index in [4.69, 9.17) is 4.74 Å². The number of carbonyl (C=O) groups excluding carboxylic acids is 1. The highest BCUT2D eigenvalue weighted by Gasteiger charge is 2.29. The first kappa shape index (κ1) is 12.9. The van der Waals surface area contributed by atoms with Crippen molar-refractivity contribution in [1.29, 1.82) is 0 Å². The lowest BCUT2D eigenvalue weighted by atomic mass is 9.93. The number of hydrogen-bond donors (Lipinski definition) is 1. The van der Waals surface area contributed by atoms with Gasteiger partial charge >= 0.3 is 5.97 Å². The second kappa shape index (κ2) is 6.39. The zero-order chi connectivity index (χ0) is 12.1. The van der Waals surface area contributed by atoms with Gasteiger partial charge in [0, 0.05) is 18.5 Å². The van der Waals surface area contributed by atoms with Gasteiger partial charge < -0.3 is 10.1 Å². The number of piperidine rings is 1. The van der Waals surface area contributed by atoms with E-state index in [1.54, 1.807) is 0 Å². The summed E-state index contributed by atoms with van der Waals surface area (Å²) < 4.78 is 5.56. The summed E-state index contributed by atoms with van der Waals surface area (Å²) in [6, 6.07) is 0.958. The van der Waals surface area contributed by atoms with Gasteiger partial charge in [0.1, 0.15) is 6.10 Å². The largest absolute Gasteiger partial charge is 0.461 e. The van der Waals surface area contributed by atoms with Crippen molar-refractivity contribution < 1.29 is 9.53 Å². The van der Waals surface area contributed by atoms with E-state index in [0.29, 0.717) is 18.5 Å². The number of ether oxygens (including phenoxy) is 1. The number of carbonyl (C=O) groups is 1. The number of nitrogens with one attached hydrogen (secondary N) is 1. The summed E-state index contributed by atoms with van der Waals surface area (Å²) >= 11 is 0. The maximum absolute atomic E-state index is 11.7. The Hall–Kier alpha value is -0.570. The molecule has 0 amide bonds. The highest BCUT2D eigenvalue weighted by atomic mass is 16.5. The minimum atomic E-state index is 0.00125. The van der Waals surface area contributed by atoms with Crippen LogP contribution >= 0.6 is 0 Å². The predicted molar refractivity (Wildman–Crippen MR) is 67.8 cm³/mol. The van der Waals surface area contributed by atoms with Crippen LogP contribution in [0.15, 0.2) is 0 Å².